The Hall–Kier alpha value is -1.84. The van der Waals surface area contributed by atoms with Crippen LogP contribution in [0.25, 0.3) is 10.9 Å². The molecular formula is C16H19N3O. The van der Waals surface area contributed by atoms with Crippen molar-refractivity contribution in [2.24, 2.45) is 17.8 Å². The number of carbonyl (C=O) groups is 1. The zero-order valence-electron chi connectivity index (χ0n) is 11.4. The monoisotopic (exact) mass is 269 g/mol. The third-order valence-electron chi connectivity index (χ3n) is 5.11. The second kappa shape index (κ2) is 4.62. The number of nitrogens with one attached hydrogen (secondary N) is 2. The smallest absolute Gasteiger partial charge is 0.251 e. The molecule has 0 aliphatic heterocycles. The molecule has 2 aliphatic rings. The highest BCUT2D eigenvalue weighted by Crippen LogP contribution is 2.47. The van der Waals surface area contributed by atoms with E-state index in [4.69, 9.17) is 0 Å². The fourth-order valence-corrected chi connectivity index (χ4v) is 4.03. The maximum Gasteiger partial charge on any atom is 0.251 e. The molecule has 2 aliphatic carbocycles. The van der Waals surface area contributed by atoms with Crippen molar-refractivity contribution in [3.05, 3.63) is 30.0 Å². The molecule has 4 heteroatoms. The molecule has 2 saturated carbocycles. The number of hydrogen-bond donors (Lipinski definition) is 2. The summed E-state index contributed by atoms with van der Waals surface area (Å²) in [4.78, 5) is 12.2. The first-order valence-electron chi connectivity index (χ1n) is 7.51. The summed E-state index contributed by atoms with van der Waals surface area (Å²) in [5, 5.41) is 11.0. The van der Waals surface area contributed by atoms with Crippen LogP contribution in [0.5, 0.6) is 0 Å². The van der Waals surface area contributed by atoms with Crippen molar-refractivity contribution >= 4 is 16.8 Å². The van der Waals surface area contributed by atoms with Gasteiger partial charge in [0.1, 0.15) is 0 Å². The Morgan fingerprint density at radius 3 is 3.10 bits per heavy atom. The molecule has 0 spiro atoms. The van der Waals surface area contributed by atoms with E-state index in [2.05, 4.69) is 15.5 Å². The molecule has 3 atom stereocenters. The summed E-state index contributed by atoms with van der Waals surface area (Å²) in [5.41, 5.74) is 1.63. The molecule has 1 amide bonds. The van der Waals surface area contributed by atoms with E-state index in [1.165, 1.54) is 25.7 Å². The van der Waals surface area contributed by atoms with E-state index < -0.39 is 0 Å². The molecule has 0 saturated heterocycles. The van der Waals surface area contributed by atoms with Gasteiger partial charge in [0.05, 0.1) is 11.7 Å². The van der Waals surface area contributed by atoms with Crippen LogP contribution >= 0.6 is 0 Å². The van der Waals surface area contributed by atoms with Crippen molar-refractivity contribution in [3.8, 4) is 0 Å². The van der Waals surface area contributed by atoms with Crippen LogP contribution in [-0.4, -0.2) is 22.6 Å². The van der Waals surface area contributed by atoms with Gasteiger partial charge in [-0.25, -0.2) is 0 Å². The lowest BCUT2D eigenvalue weighted by Crippen LogP contribution is -2.31. The number of hydrogen-bond acceptors (Lipinski definition) is 2. The fourth-order valence-electron chi connectivity index (χ4n) is 4.03. The van der Waals surface area contributed by atoms with Gasteiger partial charge >= 0.3 is 0 Å². The minimum atomic E-state index is 0.0317. The Kier molecular flexibility index (Phi) is 2.76. The average Bonchev–Trinajstić information content (AvgIpc) is 3.19. The lowest BCUT2D eigenvalue weighted by Gasteiger charge is -2.21. The third kappa shape index (κ3) is 1.99. The number of benzene rings is 1. The minimum absolute atomic E-state index is 0.0317. The largest absolute Gasteiger partial charge is 0.352 e. The number of rotatable bonds is 3. The van der Waals surface area contributed by atoms with Gasteiger partial charge in [-0.3, -0.25) is 9.89 Å². The number of aromatic amines is 1. The van der Waals surface area contributed by atoms with E-state index in [1.807, 2.05) is 18.2 Å². The lowest BCUT2D eigenvalue weighted by molar-refractivity contribution is 0.0942. The normalized spacial score (nSPS) is 28.1. The highest BCUT2D eigenvalue weighted by Gasteiger charge is 2.39. The van der Waals surface area contributed by atoms with Crippen LogP contribution in [0.2, 0.25) is 0 Å². The van der Waals surface area contributed by atoms with Crippen LogP contribution in [0.4, 0.5) is 0 Å². The van der Waals surface area contributed by atoms with Crippen molar-refractivity contribution in [1.82, 2.24) is 15.5 Å². The lowest BCUT2D eigenvalue weighted by atomic mass is 9.89. The summed E-state index contributed by atoms with van der Waals surface area (Å²) in [6, 6.07) is 5.68. The molecule has 2 fully saturated rings. The molecule has 1 heterocycles. The first-order chi connectivity index (χ1) is 9.79. The zero-order valence-corrected chi connectivity index (χ0v) is 11.4. The number of nitrogens with zero attached hydrogens (tertiary/aromatic N) is 1. The van der Waals surface area contributed by atoms with Crippen molar-refractivity contribution in [1.29, 1.82) is 0 Å². The minimum Gasteiger partial charge on any atom is -0.352 e. The predicted octanol–water partition coefficient (Wildman–Crippen LogP) is 2.73. The number of amides is 1. The van der Waals surface area contributed by atoms with E-state index in [-0.39, 0.29) is 5.91 Å². The summed E-state index contributed by atoms with van der Waals surface area (Å²) in [6.45, 7) is 0.834. The summed E-state index contributed by atoms with van der Waals surface area (Å²) in [6.07, 6.45) is 7.24. The molecule has 4 rings (SSSR count). The predicted molar refractivity (Wildman–Crippen MR) is 77.4 cm³/mol. The molecule has 104 valence electrons. The molecule has 20 heavy (non-hydrogen) atoms. The molecule has 2 bridgehead atoms. The van der Waals surface area contributed by atoms with E-state index in [0.717, 1.165) is 29.3 Å². The van der Waals surface area contributed by atoms with Crippen LogP contribution in [0, 0.1) is 17.8 Å². The molecule has 0 radical (unpaired) electrons. The van der Waals surface area contributed by atoms with Gasteiger partial charge in [0.25, 0.3) is 5.91 Å². The second-order valence-electron chi connectivity index (χ2n) is 6.32. The van der Waals surface area contributed by atoms with E-state index in [0.29, 0.717) is 11.5 Å². The molecule has 2 N–H and O–H groups in total. The molecule has 4 nitrogen and oxygen atoms in total. The highest BCUT2D eigenvalue weighted by atomic mass is 16.1. The van der Waals surface area contributed by atoms with E-state index >= 15 is 0 Å². The van der Waals surface area contributed by atoms with Crippen molar-refractivity contribution in [2.75, 3.05) is 6.54 Å². The Morgan fingerprint density at radius 1 is 1.35 bits per heavy atom. The fraction of sp³-hybridized carbons (Fsp3) is 0.500. The van der Waals surface area contributed by atoms with Gasteiger partial charge in [-0.15, -0.1) is 0 Å². The number of carbonyl (C=O) groups excluding carboxylic acids is 1. The Morgan fingerprint density at radius 2 is 2.30 bits per heavy atom. The van der Waals surface area contributed by atoms with Crippen molar-refractivity contribution in [2.45, 2.75) is 25.7 Å². The second-order valence-corrected chi connectivity index (χ2v) is 6.32. The van der Waals surface area contributed by atoms with E-state index in [9.17, 15) is 4.79 Å². The quantitative estimate of drug-likeness (QED) is 0.900. The van der Waals surface area contributed by atoms with Gasteiger partial charge in [-0.1, -0.05) is 12.5 Å². The summed E-state index contributed by atoms with van der Waals surface area (Å²) >= 11 is 0. The number of H-pyrrole nitrogens is 1. The molecule has 1 aromatic carbocycles. The first-order valence-corrected chi connectivity index (χ1v) is 7.51. The summed E-state index contributed by atoms with van der Waals surface area (Å²) < 4.78 is 0. The third-order valence-corrected chi connectivity index (χ3v) is 5.11. The van der Waals surface area contributed by atoms with Crippen LogP contribution in [0.15, 0.2) is 24.4 Å². The van der Waals surface area contributed by atoms with Gasteiger partial charge in [-0.2, -0.15) is 5.10 Å². The maximum atomic E-state index is 12.2. The standard InChI is InChI=1S/C16H19N3O/c20-16(12-3-4-13-9-18-19-15(13)7-12)17-8-14-6-10-1-2-11(14)5-10/h3-4,7,9-11,14H,1-2,5-6,8H2,(H,17,20)(H,18,19). The van der Waals surface area contributed by atoms with Gasteiger partial charge in [-0.05, 0) is 49.1 Å². The zero-order chi connectivity index (χ0) is 13.5. The maximum absolute atomic E-state index is 12.2. The van der Waals surface area contributed by atoms with Crippen molar-refractivity contribution in [3.63, 3.8) is 0 Å². The number of fused-ring (bicyclic) bond motifs is 3. The van der Waals surface area contributed by atoms with E-state index in [1.54, 1.807) is 6.20 Å². The van der Waals surface area contributed by atoms with Crippen LogP contribution in [0.3, 0.4) is 0 Å². The van der Waals surface area contributed by atoms with Gasteiger partial charge < -0.3 is 5.32 Å². The Balaban J connectivity index is 1.42. The van der Waals surface area contributed by atoms with Crippen molar-refractivity contribution < 1.29 is 4.79 Å². The average molecular weight is 269 g/mol. The molecule has 3 unspecified atom stereocenters. The number of aromatic nitrogens is 2. The van der Waals surface area contributed by atoms with Gasteiger partial charge in [0.2, 0.25) is 0 Å². The highest BCUT2D eigenvalue weighted by molar-refractivity contribution is 5.97. The summed E-state index contributed by atoms with van der Waals surface area (Å²) in [5.74, 6) is 2.52. The Bertz CT molecular complexity index is 648. The molecular weight excluding hydrogens is 250 g/mol. The SMILES string of the molecule is O=C(NCC1CC2CCC1C2)c1ccc2cn[nH]c2c1. The van der Waals surface area contributed by atoms with Crippen LogP contribution in [-0.2, 0) is 0 Å². The first kappa shape index (κ1) is 11.9. The van der Waals surface area contributed by atoms with Gasteiger partial charge in [0.15, 0.2) is 0 Å². The van der Waals surface area contributed by atoms with Gasteiger partial charge in [0, 0.05) is 17.5 Å². The molecule has 1 aromatic heterocycles. The molecule has 2 aromatic rings. The van der Waals surface area contributed by atoms with Crippen LogP contribution in [0.1, 0.15) is 36.0 Å². The van der Waals surface area contributed by atoms with Crippen LogP contribution < -0.4 is 5.32 Å². The Labute approximate surface area is 117 Å². The topological polar surface area (TPSA) is 57.8 Å². The summed E-state index contributed by atoms with van der Waals surface area (Å²) in [7, 11) is 0.